The average Bonchev–Trinajstić information content (AvgIpc) is 2.32. The van der Waals surface area contributed by atoms with Crippen molar-refractivity contribution in [2.24, 2.45) is 0 Å². The summed E-state index contributed by atoms with van der Waals surface area (Å²) in [6.45, 7) is 1.68. The van der Waals surface area contributed by atoms with E-state index in [4.69, 9.17) is 9.47 Å². The Kier molecular flexibility index (Phi) is 1.96. The predicted octanol–water partition coefficient (Wildman–Crippen LogP) is 1.86. The van der Waals surface area contributed by atoms with Crippen molar-refractivity contribution in [2.75, 3.05) is 13.2 Å². The fourth-order valence-corrected chi connectivity index (χ4v) is 1.70. The van der Waals surface area contributed by atoms with Crippen LogP contribution in [0, 0.1) is 0 Å². The van der Waals surface area contributed by atoms with E-state index >= 15 is 0 Å². The molecule has 2 heterocycles. The van der Waals surface area contributed by atoms with Gasteiger partial charge in [0.15, 0.2) is 5.79 Å². The second-order valence-corrected chi connectivity index (χ2v) is 3.18. The number of hydrogen-bond donors (Lipinski definition) is 0. The molecule has 1 fully saturated rings. The van der Waals surface area contributed by atoms with Crippen LogP contribution in [0.2, 0.25) is 0 Å². The summed E-state index contributed by atoms with van der Waals surface area (Å²) in [4.78, 5) is 0. The molecule has 0 bridgehead atoms. The van der Waals surface area contributed by atoms with E-state index in [-0.39, 0.29) is 5.79 Å². The SMILES string of the molecule is C1=CCC2(CCCO2)OCC1. The molecule has 2 aliphatic heterocycles. The molecule has 1 unspecified atom stereocenters. The van der Waals surface area contributed by atoms with Gasteiger partial charge in [-0.1, -0.05) is 12.2 Å². The topological polar surface area (TPSA) is 18.5 Å². The lowest BCUT2D eigenvalue weighted by molar-refractivity contribution is -0.204. The maximum absolute atomic E-state index is 5.67. The number of ether oxygens (including phenoxy) is 2. The zero-order valence-corrected chi connectivity index (χ0v) is 6.71. The third-order valence-electron chi connectivity index (χ3n) is 2.31. The molecule has 2 nitrogen and oxygen atoms in total. The molecule has 62 valence electrons. The summed E-state index contributed by atoms with van der Waals surface area (Å²) >= 11 is 0. The summed E-state index contributed by atoms with van der Waals surface area (Å²) in [6.07, 6.45) is 8.54. The highest BCUT2D eigenvalue weighted by atomic mass is 16.7. The second kappa shape index (κ2) is 2.95. The monoisotopic (exact) mass is 154 g/mol. The highest BCUT2D eigenvalue weighted by Gasteiger charge is 2.35. The quantitative estimate of drug-likeness (QED) is 0.496. The van der Waals surface area contributed by atoms with Gasteiger partial charge in [0.2, 0.25) is 0 Å². The Bertz CT molecular complexity index is 157. The van der Waals surface area contributed by atoms with Gasteiger partial charge in [-0.3, -0.25) is 0 Å². The molecule has 0 amide bonds. The van der Waals surface area contributed by atoms with Gasteiger partial charge in [0, 0.05) is 12.8 Å². The van der Waals surface area contributed by atoms with Crippen molar-refractivity contribution in [3.8, 4) is 0 Å². The van der Waals surface area contributed by atoms with Gasteiger partial charge in [-0.25, -0.2) is 0 Å². The summed E-state index contributed by atoms with van der Waals surface area (Å²) in [5, 5.41) is 0. The summed E-state index contributed by atoms with van der Waals surface area (Å²) < 4.78 is 11.3. The Balaban J connectivity index is 2.04. The van der Waals surface area contributed by atoms with Crippen LogP contribution >= 0.6 is 0 Å². The van der Waals surface area contributed by atoms with Crippen molar-refractivity contribution >= 4 is 0 Å². The van der Waals surface area contributed by atoms with Gasteiger partial charge in [-0.2, -0.15) is 0 Å². The first-order valence-corrected chi connectivity index (χ1v) is 4.34. The highest BCUT2D eigenvalue weighted by molar-refractivity contribution is 4.92. The maximum atomic E-state index is 5.67. The molecule has 0 N–H and O–H groups in total. The average molecular weight is 154 g/mol. The van der Waals surface area contributed by atoms with Gasteiger partial charge in [-0.15, -0.1) is 0 Å². The lowest BCUT2D eigenvalue weighted by Crippen LogP contribution is -2.30. The molecule has 0 aromatic carbocycles. The first kappa shape index (κ1) is 7.32. The van der Waals surface area contributed by atoms with Crippen molar-refractivity contribution in [3.05, 3.63) is 12.2 Å². The molecule has 1 saturated heterocycles. The molecule has 0 aromatic rings. The van der Waals surface area contributed by atoms with Crippen molar-refractivity contribution in [2.45, 2.75) is 31.5 Å². The predicted molar refractivity (Wildman–Crippen MR) is 42.2 cm³/mol. The molecule has 0 saturated carbocycles. The van der Waals surface area contributed by atoms with E-state index < -0.39 is 0 Å². The van der Waals surface area contributed by atoms with Crippen LogP contribution in [0.4, 0.5) is 0 Å². The van der Waals surface area contributed by atoms with Crippen LogP contribution in [-0.2, 0) is 9.47 Å². The molecule has 2 rings (SSSR count). The zero-order valence-electron chi connectivity index (χ0n) is 6.71. The summed E-state index contributed by atoms with van der Waals surface area (Å²) in [5.41, 5.74) is 0. The number of rotatable bonds is 0. The lowest BCUT2D eigenvalue weighted by atomic mass is 10.1. The van der Waals surface area contributed by atoms with Crippen LogP contribution in [0.25, 0.3) is 0 Å². The molecule has 1 spiro atoms. The minimum Gasteiger partial charge on any atom is -0.350 e. The van der Waals surface area contributed by atoms with Crippen LogP contribution in [-0.4, -0.2) is 19.0 Å². The minimum atomic E-state index is -0.229. The molecule has 2 heteroatoms. The second-order valence-electron chi connectivity index (χ2n) is 3.18. The van der Waals surface area contributed by atoms with Crippen molar-refractivity contribution in [3.63, 3.8) is 0 Å². The van der Waals surface area contributed by atoms with E-state index in [9.17, 15) is 0 Å². The smallest absolute Gasteiger partial charge is 0.171 e. The first-order chi connectivity index (χ1) is 5.41. The van der Waals surface area contributed by atoms with Gasteiger partial charge < -0.3 is 9.47 Å². The van der Waals surface area contributed by atoms with Gasteiger partial charge in [0.05, 0.1) is 13.2 Å². The molecule has 0 aliphatic carbocycles. The molecular formula is C9H14O2. The van der Waals surface area contributed by atoms with Crippen LogP contribution < -0.4 is 0 Å². The molecule has 2 aliphatic rings. The third kappa shape index (κ3) is 1.47. The molecular weight excluding hydrogens is 140 g/mol. The Labute approximate surface area is 67.2 Å². The van der Waals surface area contributed by atoms with Crippen LogP contribution in [0.5, 0.6) is 0 Å². The fourth-order valence-electron chi connectivity index (χ4n) is 1.70. The first-order valence-electron chi connectivity index (χ1n) is 4.34. The molecule has 11 heavy (non-hydrogen) atoms. The minimum absolute atomic E-state index is 0.229. The zero-order chi connectivity index (χ0) is 7.57. The molecule has 0 aromatic heterocycles. The Hall–Kier alpha value is -0.340. The maximum Gasteiger partial charge on any atom is 0.171 e. The molecule has 1 atom stereocenters. The Morgan fingerprint density at radius 3 is 2.82 bits per heavy atom. The van der Waals surface area contributed by atoms with Crippen LogP contribution in [0.1, 0.15) is 25.7 Å². The van der Waals surface area contributed by atoms with E-state index in [0.29, 0.717) is 0 Å². The molecule has 0 radical (unpaired) electrons. The van der Waals surface area contributed by atoms with Crippen LogP contribution in [0.3, 0.4) is 0 Å². The highest BCUT2D eigenvalue weighted by Crippen LogP contribution is 2.32. The van der Waals surface area contributed by atoms with E-state index in [1.54, 1.807) is 0 Å². The van der Waals surface area contributed by atoms with E-state index in [2.05, 4.69) is 12.2 Å². The van der Waals surface area contributed by atoms with Gasteiger partial charge >= 0.3 is 0 Å². The largest absolute Gasteiger partial charge is 0.350 e. The Morgan fingerprint density at radius 1 is 1.09 bits per heavy atom. The van der Waals surface area contributed by atoms with E-state index in [1.165, 1.54) is 0 Å². The van der Waals surface area contributed by atoms with Crippen molar-refractivity contribution in [1.29, 1.82) is 0 Å². The van der Waals surface area contributed by atoms with Gasteiger partial charge in [0.1, 0.15) is 0 Å². The lowest BCUT2D eigenvalue weighted by Gasteiger charge is -2.25. The standard InChI is InChI=1S/C9H14O2/c1-2-5-9(10-7-3-1)6-4-8-11-9/h1-2H,3-8H2. The summed E-state index contributed by atoms with van der Waals surface area (Å²) in [7, 11) is 0. The number of hydrogen-bond acceptors (Lipinski definition) is 2. The van der Waals surface area contributed by atoms with Gasteiger partial charge in [-0.05, 0) is 12.8 Å². The third-order valence-corrected chi connectivity index (χ3v) is 2.31. The van der Waals surface area contributed by atoms with E-state index in [0.717, 1.165) is 38.9 Å². The summed E-state index contributed by atoms with van der Waals surface area (Å²) in [5.74, 6) is -0.229. The van der Waals surface area contributed by atoms with E-state index in [1.807, 2.05) is 0 Å². The summed E-state index contributed by atoms with van der Waals surface area (Å²) in [6, 6.07) is 0. The Morgan fingerprint density at radius 2 is 2.00 bits per heavy atom. The normalized spacial score (nSPS) is 37.8. The fraction of sp³-hybridized carbons (Fsp3) is 0.778. The van der Waals surface area contributed by atoms with Crippen molar-refractivity contribution < 1.29 is 9.47 Å². The van der Waals surface area contributed by atoms with Crippen molar-refractivity contribution in [1.82, 2.24) is 0 Å². The van der Waals surface area contributed by atoms with Crippen LogP contribution in [0.15, 0.2) is 12.2 Å². The van der Waals surface area contributed by atoms with Gasteiger partial charge in [0.25, 0.3) is 0 Å².